The summed E-state index contributed by atoms with van der Waals surface area (Å²) in [6.45, 7) is 6.42. The molecular weight excluding hydrogens is 258 g/mol. The second-order valence-corrected chi connectivity index (χ2v) is 5.08. The maximum Gasteiger partial charge on any atom is 0.184 e. The molecule has 0 amide bonds. The number of ether oxygens (including phenoxy) is 4. The predicted molar refractivity (Wildman–Crippen MR) is 73.1 cm³/mol. The van der Waals surface area contributed by atoms with Crippen LogP contribution in [0.4, 0.5) is 0 Å². The molecule has 1 aromatic rings. The van der Waals surface area contributed by atoms with E-state index in [0.29, 0.717) is 25.7 Å². The molecule has 1 saturated heterocycles. The Hall–Kier alpha value is -1.01. The van der Waals surface area contributed by atoms with Gasteiger partial charge in [-0.2, -0.15) is 0 Å². The summed E-state index contributed by atoms with van der Waals surface area (Å²) >= 11 is 0. The van der Waals surface area contributed by atoms with Crippen LogP contribution < -0.4 is 4.57 Å². The highest BCUT2D eigenvalue weighted by molar-refractivity contribution is 5.09. The van der Waals surface area contributed by atoms with Crippen molar-refractivity contribution < 1.29 is 23.5 Å². The third-order valence-electron chi connectivity index (χ3n) is 3.18. The van der Waals surface area contributed by atoms with Gasteiger partial charge < -0.3 is 18.9 Å². The summed E-state index contributed by atoms with van der Waals surface area (Å²) < 4.78 is 23.8. The zero-order valence-corrected chi connectivity index (χ0v) is 12.3. The molecule has 112 valence electrons. The third kappa shape index (κ3) is 4.83. The Labute approximate surface area is 120 Å². The summed E-state index contributed by atoms with van der Waals surface area (Å²) in [4.78, 5) is 0. The lowest BCUT2D eigenvalue weighted by molar-refractivity contribution is -0.698. The lowest BCUT2D eigenvalue weighted by atomic mass is 10.2. The average Bonchev–Trinajstić information content (AvgIpc) is 2.49. The van der Waals surface area contributed by atoms with Crippen molar-refractivity contribution >= 4 is 0 Å². The summed E-state index contributed by atoms with van der Waals surface area (Å²) in [6, 6.07) is 4.08. The van der Waals surface area contributed by atoms with E-state index in [2.05, 4.69) is 11.5 Å². The first-order chi connectivity index (χ1) is 9.79. The number of aromatic nitrogens is 1. The van der Waals surface area contributed by atoms with Gasteiger partial charge in [0, 0.05) is 30.7 Å². The van der Waals surface area contributed by atoms with Gasteiger partial charge >= 0.3 is 0 Å². The van der Waals surface area contributed by atoms with Crippen LogP contribution in [0.25, 0.3) is 0 Å². The largest absolute Gasteiger partial charge is 0.382 e. The van der Waals surface area contributed by atoms with Crippen LogP contribution in [0.5, 0.6) is 0 Å². The van der Waals surface area contributed by atoms with Crippen molar-refractivity contribution in [2.75, 3.05) is 40.1 Å². The van der Waals surface area contributed by atoms with Crippen LogP contribution in [0.1, 0.15) is 18.8 Å². The van der Waals surface area contributed by atoms with E-state index < -0.39 is 0 Å². The number of rotatable bonds is 7. The van der Waals surface area contributed by atoms with E-state index in [1.807, 2.05) is 24.5 Å². The van der Waals surface area contributed by atoms with Gasteiger partial charge in [0.2, 0.25) is 0 Å². The molecule has 1 aliphatic rings. The Bertz CT molecular complexity index is 374. The molecule has 5 nitrogen and oxygen atoms in total. The molecule has 0 atom stereocenters. The normalized spacial score (nSPS) is 22.9. The zero-order valence-electron chi connectivity index (χ0n) is 12.3. The number of hydrogen-bond acceptors (Lipinski definition) is 4. The van der Waals surface area contributed by atoms with E-state index in [-0.39, 0.29) is 6.29 Å². The van der Waals surface area contributed by atoms with Gasteiger partial charge in [0.05, 0.1) is 26.4 Å². The molecular formula is C15H24NO4+. The molecule has 20 heavy (non-hydrogen) atoms. The summed E-state index contributed by atoms with van der Waals surface area (Å²) in [5, 5.41) is 0. The SMILES string of the molecule is COCCOCC[n+]1ccc(C2OCC(C)CO2)cc1. The predicted octanol–water partition coefficient (Wildman–Crippen LogP) is 1.32. The van der Waals surface area contributed by atoms with Crippen molar-refractivity contribution in [3.05, 3.63) is 30.1 Å². The number of methoxy groups -OCH3 is 1. The lowest BCUT2D eigenvalue weighted by Gasteiger charge is -2.27. The molecule has 0 radical (unpaired) electrons. The fraction of sp³-hybridized carbons (Fsp3) is 0.667. The Kier molecular flexibility index (Phi) is 6.39. The molecule has 1 aromatic heterocycles. The Morgan fingerprint density at radius 3 is 2.50 bits per heavy atom. The van der Waals surface area contributed by atoms with Gasteiger partial charge in [-0.05, 0) is 0 Å². The van der Waals surface area contributed by atoms with Crippen molar-refractivity contribution in [3.63, 3.8) is 0 Å². The minimum atomic E-state index is -0.223. The standard InChI is InChI=1S/C15H24NO4/c1-13-11-19-15(20-12-13)14-3-5-16(6-4-14)7-8-18-10-9-17-2/h3-6,13,15H,7-12H2,1-2H3/q+1. The fourth-order valence-corrected chi connectivity index (χ4v) is 1.98. The maximum absolute atomic E-state index is 5.67. The minimum absolute atomic E-state index is 0.223. The third-order valence-corrected chi connectivity index (χ3v) is 3.18. The maximum atomic E-state index is 5.67. The van der Waals surface area contributed by atoms with Crippen LogP contribution in [0.3, 0.4) is 0 Å². The Morgan fingerprint density at radius 2 is 1.85 bits per heavy atom. The summed E-state index contributed by atoms with van der Waals surface area (Å²) in [7, 11) is 1.67. The molecule has 5 heteroatoms. The number of hydrogen-bond donors (Lipinski definition) is 0. The average molecular weight is 282 g/mol. The molecule has 0 spiro atoms. The van der Waals surface area contributed by atoms with Crippen molar-refractivity contribution in [2.45, 2.75) is 19.8 Å². The van der Waals surface area contributed by atoms with Gasteiger partial charge in [0.15, 0.2) is 25.2 Å². The van der Waals surface area contributed by atoms with Gasteiger partial charge in [-0.1, -0.05) is 6.92 Å². The molecule has 2 rings (SSSR count). The molecule has 0 unspecified atom stereocenters. The molecule has 1 fully saturated rings. The number of pyridine rings is 1. The van der Waals surface area contributed by atoms with Gasteiger partial charge in [-0.15, -0.1) is 0 Å². The monoisotopic (exact) mass is 282 g/mol. The van der Waals surface area contributed by atoms with Gasteiger partial charge in [0.1, 0.15) is 6.61 Å². The van der Waals surface area contributed by atoms with E-state index in [4.69, 9.17) is 18.9 Å². The second kappa shape index (κ2) is 8.32. The van der Waals surface area contributed by atoms with Crippen LogP contribution >= 0.6 is 0 Å². The molecule has 0 saturated carbocycles. The lowest BCUT2D eigenvalue weighted by Crippen LogP contribution is -2.35. The van der Waals surface area contributed by atoms with Gasteiger partial charge in [-0.25, -0.2) is 4.57 Å². The molecule has 2 heterocycles. The van der Waals surface area contributed by atoms with Gasteiger partial charge in [-0.3, -0.25) is 0 Å². The minimum Gasteiger partial charge on any atom is -0.382 e. The molecule has 0 aliphatic carbocycles. The fourth-order valence-electron chi connectivity index (χ4n) is 1.98. The quantitative estimate of drug-likeness (QED) is 0.559. The van der Waals surface area contributed by atoms with E-state index in [0.717, 1.165) is 25.3 Å². The van der Waals surface area contributed by atoms with Crippen molar-refractivity contribution in [3.8, 4) is 0 Å². The van der Waals surface area contributed by atoms with Gasteiger partial charge in [0.25, 0.3) is 0 Å². The second-order valence-electron chi connectivity index (χ2n) is 5.08. The first-order valence-corrected chi connectivity index (χ1v) is 7.08. The highest BCUT2D eigenvalue weighted by atomic mass is 16.7. The van der Waals surface area contributed by atoms with E-state index in [1.165, 1.54) is 0 Å². The highest BCUT2D eigenvalue weighted by Crippen LogP contribution is 2.23. The summed E-state index contributed by atoms with van der Waals surface area (Å²) in [5.41, 5.74) is 1.06. The smallest absolute Gasteiger partial charge is 0.184 e. The van der Waals surface area contributed by atoms with Crippen molar-refractivity contribution in [2.24, 2.45) is 5.92 Å². The first kappa shape index (κ1) is 15.4. The summed E-state index contributed by atoms with van der Waals surface area (Å²) in [5.74, 6) is 0.476. The zero-order chi connectivity index (χ0) is 14.2. The van der Waals surface area contributed by atoms with Crippen molar-refractivity contribution in [1.29, 1.82) is 0 Å². The van der Waals surface area contributed by atoms with Crippen LogP contribution in [0.15, 0.2) is 24.5 Å². The van der Waals surface area contributed by atoms with E-state index in [1.54, 1.807) is 7.11 Å². The van der Waals surface area contributed by atoms with E-state index >= 15 is 0 Å². The van der Waals surface area contributed by atoms with Crippen LogP contribution in [0, 0.1) is 5.92 Å². The topological polar surface area (TPSA) is 40.8 Å². The first-order valence-electron chi connectivity index (χ1n) is 7.08. The molecule has 0 bridgehead atoms. The van der Waals surface area contributed by atoms with Crippen LogP contribution in [0.2, 0.25) is 0 Å². The van der Waals surface area contributed by atoms with Crippen LogP contribution in [-0.4, -0.2) is 40.1 Å². The Morgan fingerprint density at radius 1 is 1.15 bits per heavy atom. The Balaban J connectivity index is 1.75. The van der Waals surface area contributed by atoms with Crippen molar-refractivity contribution in [1.82, 2.24) is 0 Å². The molecule has 0 N–H and O–H groups in total. The molecule has 1 aliphatic heterocycles. The molecule has 0 aromatic carbocycles. The van der Waals surface area contributed by atoms with E-state index in [9.17, 15) is 0 Å². The van der Waals surface area contributed by atoms with Crippen LogP contribution in [-0.2, 0) is 25.5 Å². The number of nitrogens with zero attached hydrogens (tertiary/aromatic N) is 1. The highest BCUT2D eigenvalue weighted by Gasteiger charge is 2.21. The summed E-state index contributed by atoms with van der Waals surface area (Å²) in [6.07, 6.45) is 3.83.